The third kappa shape index (κ3) is 10.2. The largest absolute Gasteiger partial charge is 0.507 e. The molecular weight excluding hydrogens is 778 g/mol. The number of ketones is 1. The maximum absolute atomic E-state index is 14.4. The molecule has 4 N–H and O–H groups in total. The van der Waals surface area contributed by atoms with Gasteiger partial charge in [0, 0.05) is 28.3 Å². The molecular formula is C42H57F3N4O8S. The van der Waals surface area contributed by atoms with Crippen LogP contribution >= 0.6 is 0 Å². The summed E-state index contributed by atoms with van der Waals surface area (Å²) in [7, 11) is -4.45. The number of nitrogens with one attached hydrogen (secondary N) is 3. The summed E-state index contributed by atoms with van der Waals surface area (Å²) in [5, 5.41) is 16.0. The minimum Gasteiger partial charge on any atom is -0.507 e. The summed E-state index contributed by atoms with van der Waals surface area (Å²) in [6, 6.07) is 3.04. The zero-order valence-electron chi connectivity index (χ0n) is 34.8. The van der Waals surface area contributed by atoms with Crippen LogP contribution in [0.5, 0.6) is 5.75 Å². The number of phenols is 1. The quantitative estimate of drug-likeness (QED) is 0.204. The molecule has 2 fully saturated rings. The number of sulfonamides is 1. The van der Waals surface area contributed by atoms with E-state index in [2.05, 4.69) is 15.4 Å². The molecule has 320 valence electrons. The Morgan fingerprint density at radius 1 is 0.759 bits per heavy atom. The maximum Gasteiger partial charge on any atom is 0.452 e. The van der Waals surface area contributed by atoms with Crippen molar-refractivity contribution in [3.63, 3.8) is 0 Å². The Hall–Kier alpha value is -4.47. The number of phenolic OH excluding ortho intramolecular Hbond substituents is 1. The number of likely N-dealkylation sites (tertiary alicyclic amines) is 1. The van der Waals surface area contributed by atoms with Crippen LogP contribution < -0.4 is 15.4 Å². The maximum atomic E-state index is 14.4. The summed E-state index contributed by atoms with van der Waals surface area (Å²) in [5.41, 5.74) is -0.190. The van der Waals surface area contributed by atoms with Gasteiger partial charge in [-0.2, -0.15) is 13.2 Å². The predicted octanol–water partition coefficient (Wildman–Crippen LogP) is 6.29. The minimum absolute atomic E-state index is 0.0106. The molecule has 4 rings (SSSR count). The lowest BCUT2D eigenvalue weighted by Gasteiger charge is -2.37. The van der Waals surface area contributed by atoms with Gasteiger partial charge in [0.05, 0.1) is 10.9 Å². The number of nitrogens with zero attached hydrogens (tertiary/aromatic N) is 1. The molecule has 1 saturated carbocycles. The third-order valence-electron chi connectivity index (χ3n) is 11.0. The van der Waals surface area contributed by atoms with Crippen molar-refractivity contribution in [2.45, 2.75) is 147 Å². The van der Waals surface area contributed by atoms with Crippen molar-refractivity contribution in [2.24, 2.45) is 17.8 Å². The van der Waals surface area contributed by atoms with Gasteiger partial charge in [0.1, 0.15) is 17.8 Å². The van der Waals surface area contributed by atoms with E-state index in [9.17, 15) is 50.7 Å². The normalized spacial score (nSPS) is 20.0. The molecule has 4 amide bonds. The zero-order valence-corrected chi connectivity index (χ0v) is 35.7. The van der Waals surface area contributed by atoms with Crippen LogP contribution in [0.3, 0.4) is 0 Å². The summed E-state index contributed by atoms with van der Waals surface area (Å²) in [5.74, 6) is -6.66. The van der Waals surface area contributed by atoms with E-state index >= 15 is 0 Å². The Morgan fingerprint density at radius 2 is 1.28 bits per heavy atom. The van der Waals surface area contributed by atoms with E-state index in [1.165, 1.54) is 43.0 Å². The highest BCUT2D eigenvalue weighted by Crippen LogP contribution is 2.42. The van der Waals surface area contributed by atoms with Crippen LogP contribution in [0.2, 0.25) is 0 Å². The van der Waals surface area contributed by atoms with Crippen molar-refractivity contribution >= 4 is 39.4 Å². The molecule has 0 aromatic heterocycles. The van der Waals surface area contributed by atoms with Gasteiger partial charge in [-0.1, -0.05) is 82.1 Å². The Kier molecular flexibility index (Phi) is 13.6. The molecule has 0 radical (unpaired) electrons. The molecule has 2 aliphatic rings. The fourth-order valence-electron chi connectivity index (χ4n) is 7.80. The van der Waals surface area contributed by atoms with Crippen LogP contribution in [0.15, 0.2) is 41.3 Å². The number of amides is 4. The van der Waals surface area contributed by atoms with Gasteiger partial charge >= 0.3 is 6.18 Å². The number of hydrogen-bond acceptors (Lipinski definition) is 8. The second-order valence-electron chi connectivity index (χ2n) is 18.3. The van der Waals surface area contributed by atoms with Crippen LogP contribution in [0.25, 0.3) is 0 Å². The van der Waals surface area contributed by atoms with E-state index in [4.69, 9.17) is 0 Å². The van der Waals surface area contributed by atoms with E-state index in [0.717, 1.165) is 25.0 Å². The standard InChI is InChI=1S/C42H57F3N4O8S/c1-22(2)32(35(51)42(43,44)45)46-38(54)31-21-25-13-11-12-14-30(25)49(31)39(55)33(23(3)4)47-36(52)24-15-17-27(18-16-24)58(56,57)48-37(53)26-19-28(40(5,6)7)34(50)29(20-26)41(8,9)10/h15-20,22-23,25,30-33,50H,11-14,21H2,1-10H3,(H,46,54)(H,47,52)(H,48,53)/t25-,30-,31-,32?,33?/m1/s1. The lowest BCUT2D eigenvalue weighted by molar-refractivity contribution is -0.175. The predicted molar refractivity (Wildman–Crippen MR) is 212 cm³/mol. The van der Waals surface area contributed by atoms with Gasteiger partial charge < -0.3 is 20.6 Å². The van der Waals surface area contributed by atoms with Gasteiger partial charge in [0.2, 0.25) is 11.8 Å². The summed E-state index contributed by atoms with van der Waals surface area (Å²) in [6.45, 7) is 17.3. The number of Topliss-reactive ketones (excluding diaryl/α,β-unsaturated/α-hetero) is 1. The first-order valence-corrected chi connectivity index (χ1v) is 21.1. The Balaban J connectivity index is 1.55. The molecule has 58 heavy (non-hydrogen) atoms. The molecule has 2 aromatic carbocycles. The van der Waals surface area contributed by atoms with Gasteiger partial charge in [0.15, 0.2) is 0 Å². The van der Waals surface area contributed by atoms with Crippen molar-refractivity contribution in [2.75, 3.05) is 0 Å². The Morgan fingerprint density at radius 3 is 1.76 bits per heavy atom. The molecule has 1 heterocycles. The summed E-state index contributed by atoms with van der Waals surface area (Å²) < 4.78 is 69.1. The van der Waals surface area contributed by atoms with Crippen LogP contribution in [0.1, 0.15) is 133 Å². The highest BCUT2D eigenvalue weighted by atomic mass is 32.2. The smallest absolute Gasteiger partial charge is 0.452 e. The van der Waals surface area contributed by atoms with E-state index in [0.29, 0.717) is 24.0 Å². The van der Waals surface area contributed by atoms with Gasteiger partial charge in [-0.3, -0.25) is 24.0 Å². The molecule has 5 atom stereocenters. The van der Waals surface area contributed by atoms with Gasteiger partial charge in [-0.15, -0.1) is 0 Å². The Bertz CT molecular complexity index is 1980. The monoisotopic (exact) mass is 834 g/mol. The lowest BCUT2D eigenvalue weighted by atomic mass is 9.78. The van der Waals surface area contributed by atoms with E-state index in [1.54, 1.807) is 13.8 Å². The topological polar surface area (TPSA) is 179 Å². The average molecular weight is 835 g/mol. The van der Waals surface area contributed by atoms with Gasteiger partial charge in [-0.05, 0) is 84.2 Å². The highest BCUT2D eigenvalue weighted by Gasteiger charge is 2.51. The number of carbonyl (C=O) groups is 5. The second kappa shape index (κ2) is 17.0. The minimum atomic E-state index is -5.18. The van der Waals surface area contributed by atoms with Crippen LogP contribution in [0.4, 0.5) is 13.2 Å². The first kappa shape index (κ1) is 46.2. The third-order valence-corrected chi connectivity index (χ3v) is 12.4. The molecule has 0 bridgehead atoms. The fourth-order valence-corrected chi connectivity index (χ4v) is 8.78. The number of aromatic hydroxyl groups is 1. The number of benzene rings is 2. The fraction of sp³-hybridized carbons (Fsp3) is 0.595. The van der Waals surface area contributed by atoms with Gasteiger partial charge in [-0.25, -0.2) is 13.1 Å². The number of fused-ring (bicyclic) bond motifs is 1. The van der Waals surface area contributed by atoms with Crippen LogP contribution in [-0.2, 0) is 35.2 Å². The van der Waals surface area contributed by atoms with Crippen molar-refractivity contribution < 1.29 is 50.7 Å². The van der Waals surface area contributed by atoms with Crippen LogP contribution in [0, 0.1) is 17.8 Å². The number of rotatable bonds is 11. The van der Waals surface area contributed by atoms with Crippen molar-refractivity contribution in [3.8, 4) is 5.75 Å². The molecule has 1 aliphatic carbocycles. The Labute approximate surface area is 339 Å². The summed E-state index contributed by atoms with van der Waals surface area (Å²) >= 11 is 0. The SMILES string of the molecule is CC(C)C(NC(=O)c1ccc(S(=O)(=O)NC(=O)c2cc(C(C)(C)C)c(O)c(C(C)(C)C)c2)cc1)C(=O)N1[C@@H](C(=O)NC(C(=O)C(F)(F)F)C(C)C)C[C@H]2CCCC[C@H]21. The average Bonchev–Trinajstić information content (AvgIpc) is 3.50. The van der Waals surface area contributed by atoms with Crippen molar-refractivity contribution in [1.82, 2.24) is 20.3 Å². The number of carbonyl (C=O) groups excluding carboxylic acids is 5. The van der Waals surface area contributed by atoms with E-state index in [1.807, 2.05) is 41.5 Å². The molecule has 16 heteroatoms. The van der Waals surface area contributed by atoms with E-state index in [-0.39, 0.29) is 34.1 Å². The first-order chi connectivity index (χ1) is 26.6. The van der Waals surface area contributed by atoms with Crippen molar-refractivity contribution in [3.05, 3.63) is 58.7 Å². The molecule has 1 aliphatic heterocycles. The molecule has 0 spiro atoms. The number of halogens is 3. The molecule has 2 aromatic rings. The second-order valence-corrected chi connectivity index (χ2v) is 20.0. The summed E-state index contributed by atoms with van der Waals surface area (Å²) in [6.07, 6.45) is -2.10. The van der Waals surface area contributed by atoms with Gasteiger partial charge in [0.25, 0.3) is 27.6 Å². The molecule has 12 nitrogen and oxygen atoms in total. The lowest BCUT2D eigenvalue weighted by Crippen LogP contribution is -2.59. The van der Waals surface area contributed by atoms with Crippen LogP contribution in [-0.4, -0.2) is 78.2 Å². The summed E-state index contributed by atoms with van der Waals surface area (Å²) in [4.78, 5) is 68.3. The molecule has 1 saturated heterocycles. The zero-order chi connectivity index (χ0) is 43.9. The number of alkyl halides is 3. The highest BCUT2D eigenvalue weighted by molar-refractivity contribution is 7.90. The van der Waals surface area contributed by atoms with Crippen molar-refractivity contribution in [1.29, 1.82) is 0 Å². The first-order valence-electron chi connectivity index (χ1n) is 19.7. The molecule has 2 unspecified atom stereocenters. The van der Waals surface area contributed by atoms with E-state index < -0.39 is 92.4 Å². The number of hydrogen-bond donors (Lipinski definition) is 4.